The van der Waals surface area contributed by atoms with E-state index < -0.39 is 5.60 Å². The van der Waals surface area contributed by atoms with Crippen LogP contribution in [0.15, 0.2) is 18.6 Å². The van der Waals surface area contributed by atoms with Crippen molar-refractivity contribution in [3.8, 4) is 0 Å². The van der Waals surface area contributed by atoms with Crippen molar-refractivity contribution in [3.63, 3.8) is 0 Å². The first-order valence-corrected chi connectivity index (χ1v) is 5.32. The highest BCUT2D eigenvalue weighted by atomic mass is 16.3. The molecule has 0 aliphatic carbocycles. The van der Waals surface area contributed by atoms with Crippen LogP contribution in [0, 0.1) is 0 Å². The summed E-state index contributed by atoms with van der Waals surface area (Å²) in [6.07, 6.45) is 5.02. The Kier molecular flexibility index (Phi) is 4.79. The molecule has 1 unspecified atom stereocenters. The van der Waals surface area contributed by atoms with E-state index in [9.17, 15) is 5.11 Å². The normalized spacial score (nSPS) is 15.1. The number of hydrogen-bond acceptors (Lipinski definition) is 5. The molecule has 0 aliphatic heterocycles. The van der Waals surface area contributed by atoms with Crippen molar-refractivity contribution in [2.45, 2.75) is 19.1 Å². The fraction of sp³-hybridized carbons (Fsp3) is 0.636. The maximum absolute atomic E-state index is 10.0. The summed E-state index contributed by atoms with van der Waals surface area (Å²) in [7, 11) is 3.88. The molecule has 0 fully saturated rings. The average Bonchev–Trinajstić information content (AvgIpc) is 2.16. The summed E-state index contributed by atoms with van der Waals surface area (Å²) < 4.78 is 0. The Hall–Kier alpha value is -1.04. The lowest BCUT2D eigenvalue weighted by atomic mass is 10.1. The summed E-state index contributed by atoms with van der Waals surface area (Å²) in [5.74, 6) is 0. The molecule has 0 saturated carbocycles. The highest BCUT2D eigenvalue weighted by molar-refractivity contribution is 4.94. The van der Waals surface area contributed by atoms with Gasteiger partial charge in [-0.25, -0.2) is 0 Å². The van der Waals surface area contributed by atoms with E-state index in [4.69, 9.17) is 0 Å². The van der Waals surface area contributed by atoms with Crippen LogP contribution in [0.1, 0.15) is 12.6 Å². The molecular weight excluding hydrogens is 204 g/mol. The van der Waals surface area contributed by atoms with Gasteiger partial charge in [-0.05, 0) is 21.0 Å². The second-order valence-corrected chi connectivity index (χ2v) is 4.54. The summed E-state index contributed by atoms with van der Waals surface area (Å²) in [4.78, 5) is 10.1. The number of aromatic nitrogens is 2. The van der Waals surface area contributed by atoms with E-state index in [1.165, 1.54) is 0 Å². The van der Waals surface area contributed by atoms with Crippen LogP contribution in [0.4, 0.5) is 0 Å². The first kappa shape index (κ1) is 13.0. The second kappa shape index (κ2) is 5.89. The van der Waals surface area contributed by atoms with E-state index in [-0.39, 0.29) is 0 Å². The molecule has 0 radical (unpaired) electrons. The van der Waals surface area contributed by atoms with E-state index in [1.807, 2.05) is 25.9 Å². The molecular formula is C11H20N4O. The van der Waals surface area contributed by atoms with Gasteiger partial charge in [0, 0.05) is 38.2 Å². The van der Waals surface area contributed by atoms with E-state index in [0.717, 1.165) is 5.69 Å². The fourth-order valence-electron chi connectivity index (χ4n) is 1.62. The predicted molar refractivity (Wildman–Crippen MR) is 62.9 cm³/mol. The summed E-state index contributed by atoms with van der Waals surface area (Å²) in [6, 6.07) is 0. The third-order valence-electron chi connectivity index (χ3n) is 2.09. The SMILES string of the molecule is CN(C)CC(C)(O)CNCc1cnccn1. The van der Waals surface area contributed by atoms with Crippen LogP contribution in [0.3, 0.4) is 0 Å². The Labute approximate surface area is 96.5 Å². The minimum atomic E-state index is -0.730. The van der Waals surface area contributed by atoms with Crippen LogP contribution >= 0.6 is 0 Å². The maximum atomic E-state index is 10.0. The van der Waals surface area contributed by atoms with Crippen LogP contribution in [0.25, 0.3) is 0 Å². The largest absolute Gasteiger partial charge is 0.388 e. The summed E-state index contributed by atoms with van der Waals surface area (Å²) in [5.41, 5.74) is 0.147. The van der Waals surface area contributed by atoms with Gasteiger partial charge in [-0.2, -0.15) is 0 Å². The molecule has 0 aromatic carbocycles. The van der Waals surface area contributed by atoms with Crippen LogP contribution in [-0.4, -0.2) is 52.8 Å². The molecule has 1 heterocycles. The van der Waals surface area contributed by atoms with Crippen molar-refractivity contribution in [1.82, 2.24) is 20.2 Å². The highest BCUT2D eigenvalue weighted by Crippen LogP contribution is 2.02. The molecule has 0 saturated heterocycles. The van der Waals surface area contributed by atoms with Crippen molar-refractivity contribution in [1.29, 1.82) is 0 Å². The van der Waals surface area contributed by atoms with Crippen molar-refractivity contribution >= 4 is 0 Å². The molecule has 1 aromatic heterocycles. The van der Waals surface area contributed by atoms with Gasteiger partial charge in [-0.3, -0.25) is 9.97 Å². The molecule has 90 valence electrons. The van der Waals surface area contributed by atoms with Crippen LogP contribution in [-0.2, 0) is 6.54 Å². The summed E-state index contributed by atoms with van der Waals surface area (Å²) in [6.45, 7) is 3.59. The molecule has 2 N–H and O–H groups in total. The lowest BCUT2D eigenvalue weighted by Crippen LogP contribution is -2.45. The minimum Gasteiger partial charge on any atom is -0.388 e. The zero-order chi connectivity index (χ0) is 12.0. The number of nitrogens with zero attached hydrogens (tertiary/aromatic N) is 3. The molecule has 0 amide bonds. The Morgan fingerprint density at radius 3 is 2.75 bits per heavy atom. The quantitative estimate of drug-likeness (QED) is 0.705. The topological polar surface area (TPSA) is 61.3 Å². The van der Waals surface area contributed by atoms with E-state index in [1.54, 1.807) is 18.6 Å². The molecule has 0 spiro atoms. The Balaban J connectivity index is 2.30. The van der Waals surface area contributed by atoms with Gasteiger partial charge in [0.15, 0.2) is 0 Å². The van der Waals surface area contributed by atoms with E-state index in [2.05, 4.69) is 15.3 Å². The Bertz CT molecular complexity index is 300. The lowest BCUT2D eigenvalue weighted by molar-refractivity contribution is 0.0335. The monoisotopic (exact) mass is 224 g/mol. The van der Waals surface area contributed by atoms with Gasteiger partial charge in [0.05, 0.1) is 11.3 Å². The Morgan fingerprint density at radius 1 is 1.44 bits per heavy atom. The first-order valence-electron chi connectivity index (χ1n) is 5.32. The highest BCUT2D eigenvalue weighted by Gasteiger charge is 2.20. The van der Waals surface area contributed by atoms with Crippen LogP contribution in [0.5, 0.6) is 0 Å². The molecule has 5 nitrogen and oxygen atoms in total. The van der Waals surface area contributed by atoms with Crippen LogP contribution < -0.4 is 5.32 Å². The van der Waals surface area contributed by atoms with Gasteiger partial charge in [0.2, 0.25) is 0 Å². The van der Waals surface area contributed by atoms with Gasteiger partial charge in [-0.15, -0.1) is 0 Å². The third kappa shape index (κ3) is 5.16. The number of likely N-dealkylation sites (N-methyl/N-ethyl adjacent to an activating group) is 1. The number of nitrogens with one attached hydrogen (secondary N) is 1. The van der Waals surface area contributed by atoms with Gasteiger partial charge in [-0.1, -0.05) is 0 Å². The molecule has 5 heteroatoms. The number of rotatable bonds is 6. The smallest absolute Gasteiger partial charge is 0.0869 e. The lowest BCUT2D eigenvalue weighted by Gasteiger charge is -2.27. The van der Waals surface area contributed by atoms with Crippen molar-refractivity contribution in [2.24, 2.45) is 0 Å². The number of hydrogen-bond donors (Lipinski definition) is 2. The molecule has 0 bridgehead atoms. The van der Waals surface area contributed by atoms with Crippen molar-refractivity contribution in [3.05, 3.63) is 24.3 Å². The van der Waals surface area contributed by atoms with E-state index in [0.29, 0.717) is 19.6 Å². The predicted octanol–water partition coefficient (Wildman–Crippen LogP) is -0.121. The maximum Gasteiger partial charge on any atom is 0.0869 e. The average molecular weight is 224 g/mol. The van der Waals surface area contributed by atoms with Gasteiger partial charge >= 0.3 is 0 Å². The zero-order valence-corrected chi connectivity index (χ0v) is 10.1. The van der Waals surface area contributed by atoms with Gasteiger partial charge in [0.25, 0.3) is 0 Å². The van der Waals surface area contributed by atoms with E-state index >= 15 is 0 Å². The minimum absolute atomic E-state index is 0.530. The molecule has 16 heavy (non-hydrogen) atoms. The standard InChI is InChI=1S/C11H20N4O/c1-11(16,9-15(2)3)8-13-7-10-6-12-4-5-14-10/h4-6,13,16H,7-9H2,1-3H3. The number of aliphatic hydroxyl groups is 1. The zero-order valence-electron chi connectivity index (χ0n) is 10.1. The molecule has 1 aromatic rings. The molecule has 1 atom stereocenters. The Morgan fingerprint density at radius 2 is 2.19 bits per heavy atom. The van der Waals surface area contributed by atoms with Gasteiger partial charge < -0.3 is 15.3 Å². The fourth-order valence-corrected chi connectivity index (χ4v) is 1.62. The first-order chi connectivity index (χ1) is 7.49. The van der Waals surface area contributed by atoms with Crippen molar-refractivity contribution in [2.75, 3.05) is 27.2 Å². The molecule has 1 rings (SSSR count). The van der Waals surface area contributed by atoms with Gasteiger partial charge in [0.1, 0.15) is 0 Å². The summed E-state index contributed by atoms with van der Waals surface area (Å²) >= 11 is 0. The van der Waals surface area contributed by atoms with Crippen LogP contribution in [0.2, 0.25) is 0 Å². The van der Waals surface area contributed by atoms with Crippen molar-refractivity contribution < 1.29 is 5.11 Å². The second-order valence-electron chi connectivity index (χ2n) is 4.54. The third-order valence-corrected chi connectivity index (χ3v) is 2.09. The summed E-state index contributed by atoms with van der Waals surface area (Å²) in [5, 5.41) is 13.2. The molecule has 0 aliphatic rings.